The molecule has 5 nitrogen and oxygen atoms in total. The summed E-state index contributed by atoms with van der Waals surface area (Å²) in [4.78, 5) is 13.9. The zero-order valence-electron chi connectivity index (χ0n) is 9.63. The molecule has 0 aliphatic rings. The predicted molar refractivity (Wildman–Crippen MR) is 68.6 cm³/mol. The third-order valence-electron chi connectivity index (χ3n) is 2.31. The first-order chi connectivity index (χ1) is 8.19. The van der Waals surface area contributed by atoms with E-state index in [1.165, 1.54) is 6.20 Å². The van der Waals surface area contributed by atoms with Gasteiger partial charge in [0.1, 0.15) is 6.20 Å². The molecule has 1 aromatic heterocycles. The van der Waals surface area contributed by atoms with Crippen LogP contribution in [0.15, 0.2) is 18.3 Å². The maximum absolute atomic E-state index is 10.7. The molecular formula is C11H15BrN2O3. The smallest absolute Gasteiger partial charge is 0.406 e. The first kappa shape index (κ1) is 13.9. The monoisotopic (exact) mass is 302 g/mol. The molecule has 0 bridgehead atoms. The molecule has 0 fully saturated rings. The van der Waals surface area contributed by atoms with Gasteiger partial charge in [-0.2, -0.15) is 0 Å². The largest absolute Gasteiger partial charge is 0.485 e. The third-order valence-corrected chi connectivity index (χ3v) is 3.23. The van der Waals surface area contributed by atoms with Gasteiger partial charge in [0, 0.05) is 11.2 Å². The van der Waals surface area contributed by atoms with Gasteiger partial charge in [-0.15, -0.1) is 0 Å². The summed E-state index contributed by atoms with van der Waals surface area (Å²) in [5.41, 5.74) is 0. The summed E-state index contributed by atoms with van der Waals surface area (Å²) in [7, 11) is 0. The van der Waals surface area contributed by atoms with Crippen molar-refractivity contribution < 1.29 is 9.66 Å². The molecule has 6 heteroatoms. The Labute approximate surface area is 108 Å². The van der Waals surface area contributed by atoms with Crippen LogP contribution in [0, 0.1) is 16.0 Å². The predicted octanol–water partition coefficient (Wildman–Crippen LogP) is 3.18. The Kier molecular flexibility index (Phi) is 5.90. The average molecular weight is 303 g/mol. The van der Waals surface area contributed by atoms with Gasteiger partial charge in [-0.05, 0) is 28.5 Å². The van der Waals surface area contributed by atoms with Crippen LogP contribution in [0.4, 0.5) is 5.82 Å². The number of aromatic nitrogens is 1. The molecule has 1 rings (SSSR count). The maximum atomic E-state index is 10.7. The van der Waals surface area contributed by atoms with Gasteiger partial charge in [-0.1, -0.05) is 29.3 Å². The van der Waals surface area contributed by atoms with Crippen LogP contribution in [-0.4, -0.2) is 21.8 Å². The second-order valence-corrected chi connectivity index (χ2v) is 4.35. The summed E-state index contributed by atoms with van der Waals surface area (Å²) < 4.78 is 5.47. The van der Waals surface area contributed by atoms with Gasteiger partial charge in [0.25, 0.3) is 0 Å². The minimum absolute atomic E-state index is 0.225. The summed E-state index contributed by atoms with van der Waals surface area (Å²) in [6.07, 6.45) is 3.48. The number of halogens is 1. The Bertz CT molecular complexity index is 373. The van der Waals surface area contributed by atoms with Crippen molar-refractivity contribution in [2.75, 3.05) is 11.9 Å². The van der Waals surface area contributed by atoms with Gasteiger partial charge in [0.05, 0.1) is 6.61 Å². The van der Waals surface area contributed by atoms with E-state index in [9.17, 15) is 10.1 Å². The molecule has 1 heterocycles. The van der Waals surface area contributed by atoms with Gasteiger partial charge in [0.2, 0.25) is 5.75 Å². The van der Waals surface area contributed by atoms with E-state index >= 15 is 0 Å². The molecule has 0 aromatic carbocycles. The van der Waals surface area contributed by atoms with Crippen molar-refractivity contribution in [1.82, 2.24) is 4.98 Å². The van der Waals surface area contributed by atoms with Crippen molar-refractivity contribution in [2.24, 2.45) is 5.92 Å². The van der Waals surface area contributed by atoms with Crippen molar-refractivity contribution in [2.45, 2.75) is 19.8 Å². The number of hydrogen-bond donors (Lipinski definition) is 0. The van der Waals surface area contributed by atoms with Gasteiger partial charge in [-0.3, -0.25) is 0 Å². The molecule has 0 saturated carbocycles. The fraction of sp³-hybridized carbons (Fsp3) is 0.545. The summed E-state index contributed by atoms with van der Waals surface area (Å²) in [6, 6.07) is 3.20. The lowest BCUT2D eigenvalue weighted by atomic mass is 10.1. The highest BCUT2D eigenvalue weighted by Gasteiger charge is 2.17. The fourth-order valence-corrected chi connectivity index (χ4v) is 1.96. The molecule has 94 valence electrons. The molecule has 0 radical (unpaired) electrons. The topological polar surface area (TPSA) is 65.3 Å². The third kappa shape index (κ3) is 4.30. The lowest BCUT2D eigenvalue weighted by molar-refractivity contribution is -0.390. The van der Waals surface area contributed by atoms with Crippen LogP contribution >= 0.6 is 15.9 Å². The van der Waals surface area contributed by atoms with Crippen LogP contribution in [0.3, 0.4) is 0 Å². The quantitative estimate of drug-likeness (QED) is 0.441. The van der Waals surface area contributed by atoms with Gasteiger partial charge >= 0.3 is 5.82 Å². The molecule has 1 atom stereocenters. The number of pyridine rings is 1. The van der Waals surface area contributed by atoms with E-state index in [0.29, 0.717) is 12.5 Å². The number of hydrogen-bond acceptors (Lipinski definition) is 4. The number of nitro groups is 1. The Hall–Kier alpha value is -1.17. The second-order valence-electron chi connectivity index (χ2n) is 3.70. The second kappa shape index (κ2) is 7.21. The highest BCUT2D eigenvalue weighted by molar-refractivity contribution is 9.09. The van der Waals surface area contributed by atoms with Crippen LogP contribution in [0.1, 0.15) is 19.8 Å². The van der Waals surface area contributed by atoms with E-state index in [4.69, 9.17) is 4.74 Å². The Morgan fingerprint density at radius 3 is 3.00 bits per heavy atom. The first-order valence-electron chi connectivity index (χ1n) is 5.47. The highest BCUT2D eigenvalue weighted by atomic mass is 79.9. The van der Waals surface area contributed by atoms with Crippen molar-refractivity contribution in [3.8, 4) is 5.75 Å². The molecule has 0 amide bonds. The van der Waals surface area contributed by atoms with Gasteiger partial charge in [0.15, 0.2) is 0 Å². The maximum Gasteiger partial charge on any atom is 0.406 e. The van der Waals surface area contributed by atoms with Crippen LogP contribution in [-0.2, 0) is 0 Å². The average Bonchev–Trinajstić information content (AvgIpc) is 2.34. The Morgan fingerprint density at radius 1 is 1.65 bits per heavy atom. The van der Waals surface area contributed by atoms with Gasteiger partial charge in [-0.25, -0.2) is 0 Å². The van der Waals surface area contributed by atoms with Crippen molar-refractivity contribution >= 4 is 21.7 Å². The van der Waals surface area contributed by atoms with Crippen LogP contribution in [0.25, 0.3) is 0 Å². The Balaban J connectivity index is 2.65. The fourth-order valence-electron chi connectivity index (χ4n) is 1.45. The van der Waals surface area contributed by atoms with Crippen molar-refractivity contribution in [1.29, 1.82) is 0 Å². The summed E-state index contributed by atoms with van der Waals surface area (Å²) in [5.74, 6) is 0.372. The van der Waals surface area contributed by atoms with E-state index in [1.807, 2.05) is 0 Å². The molecule has 0 spiro atoms. The lowest BCUT2D eigenvalue weighted by Crippen LogP contribution is -2.14. The lowest BCUT2D eigenvalue weighted by Gasteiger charge is -2.13. The summed E-state index contributed by atoms with van der Waals surface area (Å²) >= 11 is 3.41. The number of alkyl halides is 1. The minimum Gasteiger partial charge on any atom is -0.485 e. The summed E-state index contributed by atoms with van der Waals surface area (Å²) in [6.45, 7) is 2.56. The standard InChI is InChI=1S/C11H15BrN2O3/c1-2-4-9(7-12)8-17-10-5-3-6-13-11(10)14(15)16/h3,5-6,9H,2,4,7-8H2,1H3. The van der Waals surface area contributed by atoms with Gasteiger partial charge < -0.3 is 14.9 Å². The molecule has 0 saturated heterocycles. The van der Waals surface area contributed by atoms with E-state index in [-0.39, 0.29) is 11.6 Å². The van der Waals surface area contributed by atoms with Crippen molar-refractivity contribution in [3.05, 3.63) is 28.4 Å². The zero-order chi connectivity index (χ0) is 12.7. The molecule has 1 unspecified atom stereocenters. The first-order valence-corrected chi connectivity index (χ1v) is 6.59. The van der Waals surface area contributed by atoms with Crippen LogP contribution in [0.2, 0.25) is 0 Å². The normalized spacial score (nSPS) is 12.1. The SMILES string of the molecule is CCCC(CBr)COc1cccnc1[N+](=O)[O-]. The number of rotatable bonds is 7. The highest BCUT2D eigenvalue weighted by Crippen LogP contribution is 2.24. The van der Waals surface area contributed by atoms with E-state index in [0.717, 1.165) is 18.2 Å². The summed E-state index contributed by atoms with van der Waals surface area (Å²) in [5, 5.41) is 11.5. The van der Waals surface area contributed by atoms with Crippen LogP contribution < -0.4 is 4.74 Å². The molecule has 0 aliphatic heterocycles. The van der Waals surface area contributed by atoms with E-state index in [2.05, 4.69) is 27.8 Å². The molecule has 1 aromatic rings. The zero-order valence-corrected chi connectivity index (χ0v) is 11.2. The van der Waals surface area contributed by atoms with Crippen LogP contribution in [0.5, 0.6) is 5.75 Å². The molecular weight excluding hydrogens is 288 g/mol. The van der Waals surface area contributed by atoms with Crippen molar-refractivity contribution in [3.63, 3.8) is 0 Å². The Morgan fingerprint density at radius 2 is 2.41 bits per heavy atom. The molecule has 17 heavy (non-hydrogen) atoms. The van der Waals surface area contributed by atoms with E-state index < -0.39 is 4.92 Å². The van der Waals surface area contributed by atoms with E-state index in [1.54, 1.807) is 12.1 Å². The minimum atomic E-state index is -0.529. The number of ether oxygens (including phenoxy) is 1. The molecule has 0 aliphatic carbocycles. The molecule has 0 N–H and O–H groups in total. The number of nitrogens with zero attached hydrogens (tertiary/aromatic N) is 2.